The summed E-state index contributed by atoms with van der Waals surface area (Å²) in [6.45, 7) is 8.18. The van der Waals surface area contributed by atoms with Gasteiger partial charge in [0.1, 0.15) is 0 Å². The molecule has 0 radical (unpaired) electrons. The number of hydrogen-bond donors (Lipinski definition) is 1. The Labute approximate surface area is 96.7 Å². The Bertz CT molecular complexity index is 248. The smallest absolute Gasteiger partial charge is 0.0749 e. The van der Waals surface area contributed by atoms with Gasteiger partial charge in [0.25, 0.3) is 0 Å². The van der Waals surface area contributed by atoms with Crippen LogP contribution in [-0.2, 0) is 4.74 Å². The highest BCUT2D eigenvalue weighted by Crippen LogP contribution is 2.23. The first kappa shape index (κ1) is 12.7. The summed E-state index contributed by atoms with van der Waals surface area (Å²) in [5.41, 5.74) is 0. The molecule has 1 aromatic rings. The lowest BCUT2D eigenvalue weighted by Crippen LogP contribution is -2.32. The maximum absolute atomic E-state index is 5.67. The largest absolute Gasteiger partial charge is 0.377 e. The maximum atomic E-state index is 5.67. The molecule has 0 aromatic carbocycles. The molecule has 0 spiro atoms. The van der Waals surface area contributed by atoms with E-state index >= 15 is 0 Å². The molecule has 3 heteroatoms. The third kappa shape index (κ3) is 3.93. The minimum absolute atomic E-state index is 0.236. The zero-order valence-corrected chi connectivity index (χ0v) is 10.6. The van der Waals surface area contributed by atoms with E-state index in [0.717, 1.165) is 19.6 Å². The monoisotopic (exact) mass is 227 g/mol. The van der Waals surface area contributed by atoms with Gasteiger partial charge in [0, 0.05) is 11.5 Å². The lowest BCUT2D eigenvalue weighted by Gasteiger charge is -2.24. The number of nitrogens with one attached hydrogen (secondary N) is 1. The summed E-state index contributed by atoms with van der Waals surface area (Å²) in [5.74, 6) is 0. The molecule has 1 heterocycles. The van der Waals surface area contributed by atoms with E-state index in [1.54, 1.807) is 11.3 Å². The molecule has 0 aliphatic carbocycles. The Hall–Kier alpha value is -0.380. The Kier molecular flexibility index (Phi) is 5.91. The van der Waals surface area contributed by atoms with Crippen LogP contribution in [0, 0.1) is 0 Å². The maximum Gasteiger partial charge on any atom is 0.0749 e. The SMILES string of the molecule is CCCNC(c1cccs1)C(C)OCC. The van der Waals surface area contributed by atoms with Crippen LogP contribution in [0.5, 0.6) is 0 Å². The summed E-state index contributed by atoms with van der Waals surface area (Å²) in [6, 6.07) is 4.61. The van der Waals surface area contributed by atoms with Crippen molar-refractivity contribution in [2.75, 3.05) is 13.2 Å². The molecule has 0 aliphatic heterocycles. The van der Waals surface area contributed by atoms with Crippen LogP contribution in [-0.4, -0.2) is 19.3 Å². The predicted molar refractivity (Wildman–Crippen MR) is 66.4 cm³/mol. The van der Waals surface area contributed by atoms with Crippen molar-refractivity contribution in [3.05, 3.63) is 22.4 Å². The van der Waals surface area contributed by atoms with E-state index in [4.69, 9.17) is 4.74 Å². The van der Waals surface area contributed by atoms with Gasteiger partial charge in [-0.2, -0.15) is 0 Å². The minimum atomic E-state index is 0.236. The van der Waals surface area contributed by atoms with Crippen LogP contribution >= 0.6 is 11.3 Å². The first-order valence-corrected chi connectivity index (χ1v) is 6.55. The van der Waals surface area contributed by atoms with Crippen LogP contribution in [0.2, 0.25) is 0 Å². The molecule has 0 saturated carbocycles. The van der Waals surface area contributed by atoms with Gasteiger partial charge in [-0.25, -0.2) is 0 Å². The highest BCUT2D eigenvalue weighted by Gasteiger charge is 2.19. The zero-order valence-electron chi connectivity index (χ0n) is 9.82. The summed E-state index contributed by atoms with van der Waals surface area (Å²) >= 11 is 1.79. The molecule has 1 aromatic heterocycles. The van der Waals surface area contributed by atoms with Gasteiger partial charge in [0.2, 0.25) is 0 Å². The third-order valence-electron chi connectivity index (χ3n) is 2.36. The van der Waals surface area contributed by atoms with Gasteiger partial charge in [-0.15, -0.1) is 11.3 Å². The molecule has 15 heavy (non-hydrogen) atoms. The van der Waals surface area contributed by atoms with Crippen molar-refractivity contribution in [3.8, 4) is 0 Å². The van der Waals surface area contributed by atoms with Crippen molar-refractivity contribution in [1.29, 1.82) is 0 Å². The van der Waals surface area contributed by atoms with Crippen molar-refractivity contribution >= 4 is 11.3 Å². The Morgan fingerprint density at radius 2 is 2.27 bits per heavy atom. The molecule has 1 N–H and O–H groups in total. The number of ether oxygens (including phenoxy) is 1. The number of rotatable bonds is 7. The van der Waals surface area contributed by atoms with Crippen molar-refractivity contribution in [2.24, 2.45) is 0 Å². The molecule has 2 nitrogen and oxygen atoms in total. The van der Waals surface area contributed by atoms with E-state index in [2.05, 4.69) is 36.7 Å². The van der Waals surface area contributed by atoms with E-state index in [9.17, 15) is 0 Å². The minimum Gasteiger partial charge on any atom is -0.377 e. The van der Waals surface area contributed by atoms with Crippen LogP contribution < -0.4 is 5.32 Å². The van der Waals surface area contributed by atoms with E-state index < -0.39 is 0 Å². The van der Waals surface area contributed by atoms with Gasteiger partial charge in [-0.3, -0.25) is 0 Å². The molecular formula is C12H21NOS. The topological polar surface area (TPSA) is 21.3 Å². The second kappa shape index (κ2) is 6.99. The molecule has 2 atom stereocenters. The molecule has 0 saturated heterocycles. The summed E-state index contributed by atoms with van der Waals surface area (Å²) in [7, 11) is 0. The lowest BCUT2D eigenvalue weighted by atomic mass is 10.1. The molecule has 1 rings (SSSR count). The van der Waals surface area contributed by atoms with Gasteiger partial charge in [-0.05, 0) is 38.3 Å². The van der Waals surface area contributed by atoms with E-state index in [1.165, 1.54) is 4.88 Å². The van der Waals surface area contributed by atoms with Crippen LogP contribution in [0.3, 0.4) is 0 Å². The molecule has 0 fully saturated rings. The van der Waals surface area contributed by atoms with E-state index in [1.807, 2.05) is 6.92 Å². The average molecular weight is 227 g/mol. The highest BCUT2D eigenvalue weighted by molar-refractivity contribution is 7.10. The summed E-state index contributed by atoms with van der Waals surface area (Å²) in [6.07, 6.45) is 1.39. The molecule has 0 aliphatic rings. The van der Waals surface area contributed by atoms with Crippen LogP contribution in [0.1, 0.15) is 38.1 Å². The van der Waals surface area contributed by atoms with E-state index in [-0.39, 0.29) is 6.10 Å². The third-order valence-corrected chi connectivity index (χ3v) is 3.32. The van der Waals surface area contributed by atoms with Crippen LogP contribution in [0.15, 0.2) is 17.5 Å². The first-order valence-electron chi connectivity index (χ1n) is 5.68. The van der Waals surface area contributed by atoms with Crippen LogP contribution in [0.25, 0.3) is 0 Å². The fourth-order valence-corrected chi connectivity index (χ4v) is 2.52. The summed E-state index contributed by atoms with van der Waals surface area (Å²) in [5, 5.41) is 5.66. The molecule has 0 amide bonds. The molecule has 86 valence electrons. The van der Waals surface area contributed by atoms with Crippen molar-refractivity contribution in [3.63, 3.8) is 0 Å². The zero-order chi connectivity index (χ0) is 11.1. The highest BCUT2D eigenvalue weighted by atomic mass is 32.1. The number of hydrogen-bond acceptors (Lipinski definition) is 3. The van der Waals surface area contributed by atoms with Gasteiger partial charge in [0.15, 0.2) is 0 Å². The second-order valence-corrected chi connectivity index (χ2v) is 4.59. The Morgan fingerprint density at radius 1 is 1.47 bits per heavy atom. The molecule has 0 bridgehead atoms. The Balaban J connectivity index is 2.60. The van der Waals surface area contributed by atoms with Gasteiger partial charge in [-0.1, -0.05) is 13.0 Å². The first-order chi connectivity index (χ1) is 7.29. The molecular weight excluding hydrogens is 206 g/mol. The lowest BCUT2D eigenvalue weighted by molar-refractivity contribution is 0.0482. The normalized spacial score (nSPS) is 15.1. The van der Waals surface area contributed by atoms with E-state index in [0.29, 0.717) is 6.04 Å². The fourth-order valence-electron chi connectivity index (χ4n) is 1.63. The predicted octanol–water partition coefficient (Wildman–Crippen LogP) is 3.21. The van der Waals surface area contributed by atoms with Gasteiger partial charge >= 0.3 is 0 Å². The van der Waals surface area contributed by atoms with Crippen LogP contribution in [0.4, 0.5) is 0 Å². The van der Waals surface area contributed by atoms with Crippen molar-refractivity contribution in [1.82, 2.24) is 5.32 Å². The number of thiophene rings is 1. The van der Waals surface area contributed by atoms with Gasteiger partial charge < -0.3 is 10.1 Å². The fraction of sp³-hybridized carbons (Fsp3) is 0.667. The summed E-state index contributed by atoms with van der Waals surface area (Å²) < 4.78 is 5.67. The standard InChI is InChI=1S/C12H21NOS/c1-4-8-13-12(10(3)14-5-2)11-7-6-9-15-11/h6-7,9-10,12-13H,4-5,8H2,1-3H3. The quantitative estimate of drug-likeness (QED) is 0.772. The van der Waals surface area contributed by atoms with Crippen molar-refractivity contribution in [2.45, 2.75) is 39.3 Å². The Morgan fingerprint density at radius 3 is 2.80 bits per heavy atom. The summed E-state index contributed by atoms with van der Waals surface area (Å²) in [4.78, 5) is 1.37. The average Bonchev–Trinajstić information content (AvgIpc) is 2.72. The van der Waals surface area contributed by atoms with Gasteiger partial charge in [0.05, 0.1) is 12.1 Å². The van der Waals surface area contributed by atoms with Crippen molar-refractivity contribution < 1.29 is 4.74 Å². The second-order valence-electron chi connectivity index (χ2n) is 3.61. The molecule has 2 unspecified atom stereocenters.